The molecule has 0 saturated carbocycles. The lowest BCUT2D eigenvalue weighted by molar-refractivity contribution is 0.414. The number of hydrogen-bond acceptors (Lipinski definition) is 5. The zero-order valence-corrected chi connectivity index (χ0v) is 14.7. The number of ether oxygens (including phenoxy) is 2. The Morgan fingerprint density at radius 2 is 1.71 bits per heavy atom. The van der Waals surface area contributed by atoms with Gasteiger partial charge in [0.1, 0.15) is 11.5 Å². The zero-order valence-electron chi connectivity index (χ0n) is 13.9. The number of aromatic nitrogens is 3. The van der Waals surface area contributed by atoms with Crippen LogP contribution in [-0.2, 0) is 12.8 Å². The van der Waals surface area contributed by atoms with E-state index in [-0.39, 0.29) is 0 Å². The van der Waals surface area contributed by atoms with Crippen LogP contribution in [0.3, 0.4) is 0 Å². The Kier molecular flexibility index (Phi) is 5.05. The Balaban J connectivity index is 1.77. The van der Waals surface area contributed by atoms with E-state index in [9.17, 15) is 0 Å². The van der Waals surface area contributed by atoms with Gasteiger partial charge in [0.25, 0.3) is 0 Å². The summed E-state index contributed by atoms with van der Waals surface area (Å²) in [5.74, 6) is 3.27. The summed E-state index contributed by atoms with van der Waals surface area (Å²) in [5, 5.41) is 9.51. The van der Waals surface area contributed by atoms with Gasteiger partial charge < -0.3 is 14.0 Å². The Bertz CT molecular complexity index is 815. The minimum Gasteiger partial charge on any atom is -0.497 e. The largest absolute Gasteiger partial charge is 0.497 e. The highest BCUT2D eigenvalue weighted by Crippen LogP contribution is 2.30. The molecule has 5 nitrogen and oxygen atoms in total. The van der Waals surface area contributed by atoms with E-state index in [2.05, 4.69) is 22.3 Å². The molecule has 0 spiro atoms. The van der Waals surface area contributed by atoms with Crippen LogP contribution in [0.15, 0.2) is 53.7 Å². The number of methoxy groups -OCH3 is 2. The van der Waals surface area contributed by atoms with Crippen molar-refractivity contribution in [2.24, 2.45) is 7.05 Å². The Hall–Kier alpha value is -2.47. The van der Waals surface area contributed by atoms with E-state index < -0.39 is 0 Å². The number of hydrogen-bond donors (Lipinski definition) is 0. The van der Waals surface area contributed by atoms with Crippen LogP contribution in [0.5, 0.6) is 11.5 Å². The van der Waals surface area contributed by atoms with Crippen LogP contribution in [0.1, 0.15) is 5.56 Å². The molecule has 0 aliphatic carbocycles. The summed E-state index contributed by atoms with van der Waals surface area (Å²) in [7, 11) is 5.30. The fourth-order valence-electron chi connectivity index (χ4n) is 2.37. The van der Waals surface area contributed by atoms with E-state index in [0.717, 1.165) is 33.8 Å². The van der Waals surface area contributed by atoms with Crippen LogP contribution in [0, 0.1) is 0 Å². The summed E-state index contributed by atoms with van der Waals surface area (Å²) in [6.45, 7) is 0. The molecule has 1 aromatic heterocycles. The summed E-state index contributed by atoms with van der Waals surface area (Å²) < 4.78 is 12.6. The van der Waals surface area contributed by atoms with Crippen LogP contribution < -0.4 is 9.47 Å². The van der Waals surface area contributed by atoms with Gasteiger partial charge in [0.2, 0.25) is 0 Å². The van der Waals surface area contributed by atoms with E-state index in [4.69, 9.17) is 9.47 Å². The lowest BCUT2D eigenvalue weighted by Crippen LogP contribution is -1.97. The molecule has 3 rings (SSSR count). The van der Waals surface area contributed by atoms with Crippen molar-refractivity contribution < 1.29 is 9.47 Å². The smallest absolute Gasteiger partial charge is 0.191 e. The van der Waals surface area contributed by atoms with Crippen LogP contribution in [0.4, 0.5) is 0 Å². The van der Waals surface area contributed by atoms with Crippen molar-refractivity contribution in [2.45, 2.75) is 10.9 Å². The second kappa shape index (κ2) is 7.40. The van der Waals surface area contributed by atoms with Gasteiger partial charge in [-0.15, -0.1) is 10.2 Å². The second-order valence-corrected chi connectivity index (χ2v) is 6.14. The van der Waals surface area contributed by atoms with Gasteiger partial charge in [-0.05, 0) is 29.8 Å². The fraction of sp³-hybridized carbons (Fsp3) is 0.222. The number of rotatable bonds is 6. The van der Waals surface area contributed by atoms with E-state index in [1.165, 1.54) is 5.56 Å². The molecule has 0 saturated heterocycles. The highest BCUT2D eigenvalue weighted by Gasteiger charge is 2.14. The topological polar surface area (TPSA) is 49.2 Å². The molecule has 2 aromatic carbocycles. The first kappa shape index (κ1) is 16.4. The SMILES string of the molecule is COc1ccc(CSc2nnc(-c3ccccc3OC)n2C)cc1. The van der Waals surface area contributed by atoms with Crippen molar-refractivity contribution in [1.82, 2.24) is 14.8 Å². The average molecular weight is 341 g/mol. The molecule has 124 valence electrons. The molecule has 0 fully saturated rings. The molecule has 1 heterocycles. The summed E-state index contributed by atoms with van der Waals surface area (Å²) in [4.78, 5) is 0. The molecule has 0 atom stereocenters. The predicted molar refractivity (Wildman–Crippen MR) is 95.5 cm³/mol. The number of benzene rings is 2. The van der Waals surface area contributed by atoms with E-state index in [0.29, 0.717) is 0 Å². The maximum Gasteiger partial charge on any atom is 0.191 e. The first-order valence-electron chi connectivity index (χ1n) is 7.51. The Labute approximate surface area is 145 Å². The normalized spacial score (nSPS) is 10.6. The average Bonchev–Trinajstić information content (AvgIpc) is 3.00. The monoisotopic (exact) mass is 341 g/mol. The maximum absolute atomic E-state index is 5.42. The molecule has 0 amide bonds. The number of thioether (sulfide) groups is 1. The van der Waals surface area contributed by atoms with E-state index in [1.54, 1.807) is 26.0 Å². The van der Waals surface area contributed by atoms with Crippen LogP contribution in [-0.4, -0.2) is 29.0 Å². The Morgan fingerprint density at radius 1 is 0.958 bits per heavy atom. The van der Waals surface area contributed by atoms with Gasteiger partial charge >= 0.3 is 0 Å². The minimum atomic E-state index is 0.791. The molecule has 0 N–H and O–H groups in total. The molecular formula is C18H19N3O2S. The highest BCUT2D eigenvalue weighted by molar-refractivity contribution is 7.98. The first-order chi connectivity index (χ1) is 11.7. The molecule has 0 aliphatic rings. The molecule has 6 heteroatoms. The van der Waals surface area contributed by atoms with Crippen molar-refractivity contribution >= 4 is 11.8 Å². The van der Waals surface area contributed by atoms with Gasteiger partial charge in [0.15, 0.2) is 11.0 Å². The van der Waals surface area contributed by atoms with Crippen molar-refractivity contribution in [1.29, 1.82) is 0 Å². The van der Waals surface area contributed by atoms with E-state index >= 15 is 0 Å². The van der Waals surface area contributed by atoms with Gasteiger partial charge in [0, 0.05) is 12.8 Å². The van der Waals surface area contributed by atoms with Gasteiger partial charge in [-0.2, -0.15) is 0 Å². The predicted octanol–water partition coefficient (Wildman–Crippen LogP) is 3.79. The zero-order chi connectivity index (χ0) is 16.9. The quantitative estimate of drug-likeness (QED) is 0.639. The van der Waals surface area contributed by atoms with Crippen molar-refractivity contribution in [3.05, 3.63) is 54.1 Å². The molecule has 24 heavy (non-hydrogen) atoms. The molecule has 3 aromatic rings. The summed E-state index contributed by atoms with van der Waals surface area (Å²) in [6.07, 6.45) is 0. The van der Waals surface area contributed by atoms with Gasteiger partial charge in [-0.25, -0.2) is 0 Å². The van der Waals surface area contributed by atoms with Crippen molar-refractivity contribution in [3.63, 3.8) is 0 Å². The van der Waals surface area contributed by atoms with Gasteiger partial charge in [-0.3, -0.25) is 0 Å². The molecule has 0 radical (unpaired) electrons. The lowest BCUT2D eigenvalue weighted by Gasteiger charge is -2.08. The highest BCUT2D eigenvalue weighted by atomic mass is 32.2. The first-order valence-corrected chi connectivity index (χ1v) is 8.50. The third-order valence-electron chi connectivity index (χ3n) is 3.71. The van der Waals surface area contributed by atoms with Crippen LogP contribution in [0.25, 0.3) is 11.4 Å². The second-order valence-electron chi connectivity index (χ2n) is 5.20. The molecule has 0 bridgehead atoms. The lowest BCUT2D eigenvalue weighted by atomic mass is 10.2. The van der Waals surface area contributed by atoms with Crippen LogP contribution >= 0.6 is 11.8 Å². The molecule has 0 unspecified atom stereocenters. The summed E-state index contributed by atoms with van der Waals surface area (Å²) in [6, 6.07) is 15.9. The number of nitrogens with zero attached hydrogens (tertiary/aromatic N) is 3. The summed E-state index contributed by atoms with van der Waals surface area (Å²) >= 11 is 1.65. The third-order valence-corrected chi connectivity index (χ3v) is 4.80. The fourth-order valence-corrected chi connectivity index (χ4v) is 3.24. The third kappa shape index (κ3) is 3.38. The van der Waals surface area contributed by atoms with E-state index in [1.807, 2.05) is 48.0 Å². The van der Waals surface area contributed by atoms with Gasteiger partial charge in [0.05, 0.1) is 19.8 Å². The summed E-state index contributed by atoms with van der Waals surface area (Å²) in [5.41, 5.74) is 2.15. The van der Waals surface area contributed by atoms with Crippen molar-refractivity contribution in [3.8, 4) is 22.9 Å². The molecular weight excluding hydrogens is 322 g/mol. The molecule has 0 aliphatic heterocycles. The maximum atomic E-state index is 5.42. The van der Waals surface area contributed by atoms with Gasteiger partial charge in [-0.1, -0.05) is 36.0 Å². The minimum absolute atomic E-state index is 0.791. The number of para-hydroxylation sites is 1. The standard InChI is InChI=1S/C18H19N3O2S/c1-21-17(15-6-4-5-7-16(15)23-3)19-20-18(21)24-12-13-8-10-14(22-2)11-9-13/h4-11H,12H2,1-3H3. The van der Waals surface area contributed by atoms with Crippen LogP contribution in [0.2, 0.25) is 0 Å². The Morgan fingerprint density at radius 3 is 2.42 bits per heavy atom. The van der Waals surface area contributed by atoms with Crippen molar-refractivity contribution in [2.75, 3.05) is 14.2 Å².